The molecule has 0 bridgehead atoms. The van der Waals surface area contributed by atoms with Crippen LogP contribution in [0.5, 0.6) is 0 Å². The number of rotatable bonds is 6. The van der Waals surface area contributed by atoms with E-state index in [1.165, 1.54) is 18.3 Å². The molecule has 3 heteroatoms. The minimum Gasteiger partial charge on any atom is -0.469 e. The van der Waals surface area contributed by atoms with E-state index >= 15 is 0 Å². The molecule has 0 spiro atoms. The highest BCUT2D eigenvalue weighted by molar-refractivity contribution is 5.69. The number of ether oxygens (including phenoxy) is 1. The van der Waals surface area contributed by atoms with Gasteiger partial charge in [0.2, 0.25) is 0 Å². The van der Waals surface area contributed by atoms with Crippen LogP contribution in [0.4, 0.5) is 0 Å². The van der Waals surface area contributed by atoms with Crippen LogP contribution in [0.3, 0.4) is 0 Å². The zero-order valence-electron chi connectivity index (χ0n) is 10.3. The van der Waals surface area contributed by atoms with E-state index < -0.39 is 0 Å². The molecule has 0 amide bonds. The summed E-state index contributed by atoms with van der Waals surface area (Å²) in [4.78, 5) is 11.0. The molecule has 0 saturated heterocycles. The van der Waals surface area contributed by atoms with Crippen LogP contribution < -0.4 is 0 Å². The normalized spacial score (nSPS) is 14.9. The molecule has 1 aliphatic rings. The molecular weight excluding hydrogens is 216 g/mol. The van der Waals surface area contributed by atoms with Crippen LogP contribution in [-0.4, -0.2) is 24.8 Å². The molecule has 1 rings (SSSR count). The van der Waals surface area contributed by atoms with Crippen LogP contribution >= 0.6 is 0 Å². The molecule has 1 aliphatic carbocycles. The Morgan fingerprint density at radius 2 is 1.94 bits per heavy atom. The SMILES string of the molecule is COC(=O)CCC1=CCC=C(CCCO)C=C1. The third-order valence-electron chi connectivity index (χ3n) is 2.74. The van der Waals surface area contributed by atoms with Gasteiger partial charge in [0.05, 0.1) is 7.11 Å². The molecule has 0 fully saturated rings. The molecule has 0 heterocycles. The summed E-state index contributed by atoms with van der Waals surface area (Å²) in [5.41, 5.74) is 2.43. The first kappa shape index (κ1) is 13.7. The molecule has 0 aromatic heterocycles. The lowest BCUT2D eigenvalue weighted by Crippen LogP contribution is -1.99. The zero-order chi connectivity index (χ0) is 12.5. The maximum atomic E-state index is 11.0. The Kier molecular flexibility index (Phi) is 6.33. The average Bonchev–Trinajstić information content (AvgIpc) is 2.58. The Balaban J connectivity index is 2.41. The van der Waals surface area contributed by atoms with Crippen LogP contribution in [0, 0.1) is 0 Å². The monoisotopic (exact) mass is 236 g/mol. The quantitative estimate of drug-likeness (QED) is 0.721. The fourth-order valence-electron chi connectivity index (χ4n) is 1.71. The van der Waals surface area contributed by atoms with Crippen molar-refractivity contribution >= 4 is 5.97 Å². The number of aliphatic hydroxyl groups is 1. The van der Waals surface area contributed by atoms with Gasteiger partial charge in [0.1, 0.15) is 0 Å². The number of aliphatic hydroxyl groups excluding tert-OH is 1. The molecule has 17 heavy (non-hydrogen) atoms. The van der Waals surface area contributed by atoms with E-state index in [9.17, 15) is 4.79 Å². The summed E-state index contributed by atoms with van der Waals surface area (Å²) in [6.07, 6.45) is 12.2. The summed E-state index contributed by atoms with van der Waals surface area (Å²) in [6, 6.07) is 0. The smallest absolute Gasteiger partial charge is 0.305 e. The van der Waals surface area contributed by atoms with Gasteiger partial charge >= 0.3 is 5.97 Å². The predicted octanol–water partition coefficient (Wildman–Crippen LogP) is 2.52. The highest BCUT2D eigenvalue weighted by atomic mass is 16.5. The predicted molar refractivity (Wildman–Crippen MR) is 67.5 cm³/mol. The first-order valence-corrected chi connectivity index (χ1v) is 6.00. The Labute approximate surface area is 102 Å². The molecule has 0 aliphatic heterocycles. The fraction of sp³-hybridized carbons (Fsp3) is 0.500. The number of esters is 1. The van der Waals surface area contributed by atoms with Crippen molar-refractivity contribution in [3.05, 3.63) is 35.5 Å². The molecule has 3 nitrogen and oxygen atoms in total. The standard InChI is InChI=1S/C14H20O3/c1-17-14(16)10-9-13-5-2-4-12(7-8-13)6-3-11-15/h4-5,7-8,15H,2-3,6,9-11H2,1H3. The van der Waals surface area contributed by atoms with Crippen molar-refractivity contribution in [1.29, 1.82) is 0 Å². The van der Waals surface area contributed by atoms with E-state index in [2.05, 4.69) is 29.0 Å². The van der Waals surface area contributed by atoms with Gasteiger partial charge in [-0.15, -0.1) is 0 Å². The van der Waals surface area contributed by atoms with Crippen LogP contribution in [-0.2, 0) is 9.53 Å². The van der Waals surface area contributed by atoms with Gasteiger partial charge in [0.15, 0.2) is 0 Å². The van der Waals surface area contributed by atoms with E-state index in [-0.39, 0.29) is 12.6 Å². The van der Waals surface area contributed by atoms with E-state index in [4.69, 9.17) is 5.11 Å². The number of allylic oxidation sites excluding steroid dienone is 6. The summed E-state index contributed by atoms with van der Waals surface area (Å²) in [7, 11) is 1.41. The van der Waals surface area contributed by atoms with Gasteiger partial charge in [0, 0.05) is 13.0 Å². The van der Waals surface area contributed by atoms with Gasteiger partial charge in [-0.3, -0.25) is 4.79 Å². The molecule has 0 aromatic rings. The van der Waals surface area contributed by atoms with Gasteiger partial charge < -0.3 is 9.84 Å². The number of carbonyl (C=O) groups is 1. The largest absolute Gasteiger partial charge is 0.469 e. The molecule has 1 N–H and O–H groups in total. The second-order valence-electron chi connectivity index (χ2n) is 4.03. The maximum absolute atomic E-state index is 11.0. The van der Waals surface area contributed by atoms with Crippen LogP contribution in [0.15, 0.2) is 35.5 Å². The lowest BCUT2D eigenvalue weighted by atomic mass is 10.1. The first-order valence-electron chi connectivity index (χ1n) is 6.00. The van der Waals surface area contributed by atoms with E-state index in [1.807, 2.05) is 0 Å². The molecular formula is C14H20O3. The van der Waals surface area contributed by atoms with Crippen LogP contribution in [0.25, 0.3) is 0 Å². The van der Waals surface area contributed by atoms with Crippen molar-refractivity contribution < 1.29 is 14.6 Å². The summed E-state index contributed by atoms with van der Waals surface area (Å²) in [5, 5.41) is 8.78. The van der Waals surface area contributed by atoms with Gasteiger partial charge in [0.25, 0.3) is 0 Å². The number of carbonyl (C=O) groups excluding carboxylic acids is 1. The highest BCUT2D eigenvalue weighted by Crippen LogP contribution is 2.17. The lowest BCUT2D eigenvalue weighted by molar-refractivity contribution is -0.140. The van der Waals surface area contributed by atoms with Crippen molar-refractivity contribution in [2.24, 2.45) is 0 Å². The van der Waals surface area contributed by atoms with Crippen LogP contribution in [0.2, 0.25) is 0 Å². The summed E-state index contributed by atoms with van der Waals surface area (Å²) < 4.78 is 4.62. The average molecular weight is 236 g/mol. The Bertz CT molecular complexity index is 337. The van der Waals surface area contributed by atoms with Gasteiger partial charge in [-0.25, -0.2) is 0 Å². The molecule has 0 aromatic carbocycles. The van der Waals surface area contributed by atoms with Gasteiger partial charge in [-0.05, 0) is 25.7 Å². The topological polar surface area (TPSA) is 46.5 Å². The third-order valence-corrected chi connectivity index (χ3v) is 2.74. The second-order valence-corrected chi connectivity index (χ2v) is 4.03. The minimum absolute atomic E-state index is 0.169. The minimum atomic E-state index is -0.169. The summed E-state index contributed by atoms with van der Waals surface area (Å²) in [6.45, 7) is 0.230. The van der Waals surface area contributed by atoms with Crippen LogP contribution in [0.1, 0.15) is 32.1 Å². The first-order chi connectivity index (χ1) is 8.26. The Hall–Kier alpha value is -1.35. The molecule has 0 unspecified atom stereocenters. The summed E-state index contributed by atoms with van der Waals surface area (Å²) >= 11 is 0. The fourth-order valence-corrected chi connectivity index (χ4v) is 1.71. The highest BCUT2D eigenvalue weighted by Gasteiger charge is 2.03. The summed E-state index contributed by atoms with van der Waals surface area (Å²) in [5.74, 6) is -0.169. The third kappa shape index (κ3) is 5.50. The second kappa shape index (κ2) is 7.85. The van der Waals surface area contributed by atoms with Crippen molar-refractivity contribution in [1.82, 2.24) is 0 Å². The van der Waals surface area contributed by atoms with Gasteiger partial charge in [-0.2, -0.15) is 0 Å². The number of methoxy groups -OCH3 is 1. The van der Waals surface area contributed by atoms with E-state index in [1.54, 1.807) is 0 Å². The van der Waals surface area contributed by atoms with Crippen molar-refractivity contribution in [3.63, 3.8) is 0 Å². The molecule has 0 saturated carbocycles. The van der Waals surface area contributed by atoms with Crippen molar-refractivity contribution in [3.8, 4) is 0 Å². The molecule has 0 atom stereocenters. The molecule has 0 radical (unpaired) electrons. The Morgan fingerprint density at radius 1 is 1.29 bits per heavy atom. The number of hydrogen-bond donors (Lipinski definition) is 1. The maximum Gasteiger partial charge on any atom is 0.305 e. The lowest BCUT2D eigenvalue weighted by Gasteiger charge is -2.00. The van der Waals surface area contributed by atoms with Crippen molar-refractivity contribution in [2.75, 3.05) is 13.7 Å². The molecule has 94 valence electrons. The zero-order valence-corrected chi connectivity index (χ0v) is 10.3. The van der Waals surface area contributed by atoms with Crippen molar-refractivity contribution in [2.45, 2.75) is 32.1 Å². The Morgan fingerprint density at radius 3 is 2.53 bits per heavy atom. The van der Waals surface area contributed by atoms with E-state index in [0.717, 1.165) is 25.7 Å². The number of hydrogen-bond acceptors (Lipinski definition) is 3. The van der Waals surface area contributed by atoms with Gasteiger partial charge in [-0.1, -0.05) is 35.5 Å². The van der Waals surface area contributed by atoms with E-state index in [0.29, 0.717) is 6.42 Å².